The van der Waals surface area contributed by atoms with E-state index in [1.165, 1.54) is 36.8 Å². The first-order chi connectivity index (χ1) is 7.81. The van der Waals surface area contributed by atoms with Gasteiger partial charge in [0.05, 0.1) is 0 Å². The average molecular weight is 219 g/mol. The third-order valence-electron chi connectivity index (χ3n) is 3.04. The summed E-state index contributed by atoms with van der Waals surface area (Å²) in [6.45, 7) is 4.33. The Balaban J connectivity index is 2.74. The molecule has 0 unspecified atom stereocenters. The van der Waals surface area contributed by atoms with Gasteiger partial charge in [-0.15, -0.1) is 0 Å². The minimum Gasteiger partial charge on any atom is -0.232 e. The van der Waals surface area contributed by atoms with Crippen LogP contribution in [0.1, 0.15) is 56.2 Å². The normalized spacial score (nSPS) is 10.7. The van der Waals surface area contributed by atoms with Crippen LogP contribution in [0.4, 0.5) is 0 Å². The number of benzene rings is 1. The molecule has 1 nitrogen and oxygen atoms in total. The largest absolute Gasteiger partial charge is 0.232 e. The van der Waals surface area contributed by atoms with Crippen LogP contribution in [0, 0.1) is 0 Å². The monoisotopic (exact) mass is 219 g/mol. The molecule has 0 aliphatic rings. The summed E-state index contributed by atoms with van der Waals surface area (Å²) in [5.74, 6) is 0. The van der Waals surface area contributed by atoms with Gasteiger partial charge in [-0.05, 0) is 42.4 Å². The fourth-order valence-electron chi connectivity index (χ4n) is 1.96. The highest BCUT2D eigenvalue weighted by molar-refractivity contribution is 5.32. The van der Waals surface area contributed by atoms with E-state index >= 15 is 0 Å². The van der Waals surface area contributed by atoms with Crippen LogP contribution in [0.15, 0.2) is 18.2 Å². The lowest BCUT2D eigenvalue weighted by molar-refractivity contribution is 0.176. The van der Waals surface area contributed by atoms with Gasteiger partial charge in [0.25, 0.3) is 0 Å². The quantitative estimate of drug-likeness (QED) is 0.651. The van der Waals surface area contributed by atoms with Crippen LogP contribution in [0.5, 0.6) is 0 Å². The lowest BCUT2D eigenvalue weighted by Gasteiger charge is -2.09. The van der Waals surface area contributed by atoms with Crippen LogP contribution in [0.3, 0.4) is 0 Å². The Labute approximate surface area is 99.5 Å². The first-order valence-corrected chi connectivity index (χ1v) is 6.50. The Kier molecular flexibility index (Phi) is 6.17. The van der Waals surface area contributed by atoms with Crippen LogP contribution >= 0.6 is 0 Å². The fourth-order valence-corrected chi connectivity index (χ4v) is 1.96. The highest BCUT2D eigenvalue weighted by Gasteiger charge is 2.03. The van der Waals surface area contributed by atoms with Gasteiger partial charge in [-0.25, -0.2) is 5.11 Å². The van der Waals surface area contributed by atoms with E-state index in [1.54, 1.807) is 0 Å². The van der Waals surface area contributed by atoms with Gasteiger partial charge in [-0.2, -0.15) is 0 Å². The molecule has 0 N–H and O–H groups in total. The Bertz CT molecular complexity index is 304. The third kappa shape index (κ3) is 3.97. The van der Waals surface area contributed by atoms with Crippen molar-refractivity contribution in [3.8, 4) is 0 Å². The Morgan fingerprint density at radius 1 is 0.938 bits per heavy atom. The third-order valence-corrected chi connectivity index (χ3v) is 3.04. The lowest BCUT2D eigenvalue weighted by atomic mass is 9.97. The number of hydrogen-bond donors (Lipinski definition) is 0. The van der Waals surface area contributed by atoms with Crippen molar-refractivity contribution in [1.82, 2.24) is 0 Å². The van der Waals surface area contributed by atoms with Crippen molar-refractivity contribution in [1.29, 1.82) is 0 Å². The van der Waals surface area contributed by atoms with Crippen molar-refractivity contribution >= 4 is 0 Å². The van der Waals surface area contributed by atoms with Crippen LogP contribution in [-0.4, -0.2) is 0 Å². The summed E-state index contributed by atoms with van der Waals surface area (Å²) < 4.78 is 0. The minimum absolute atomic E-state index is 0.0763. The summed E-state index contributed by atoms with van der Waals surface area (Å²) in [5, 5.41) is 11.0. The van der Waals surface area contributed by atoms with E-state index in [0.717, 1.165) is 18.4 Å². The van der Waals surface area contributed by atoms with Crippen molar-refractivity contribution < 1.29 is 5.11 Å². The Hall–Kier alpha value is -0.820. The van der Waals surface area contributed by atoms with Crippen LogP contribution < -0.4 is 0 Å². The Morgan fingerprint density at radius 3 is 2.25 bits per heavy atom. The van der Waals surface area contributed by atoms with Gasteiger partial charge >= 0.3 is 0 Å². The zero-order valence-corrected chi connectivity index (χ0v) is 10.6. The van der Waals surface area contributed by atoms with Crippen LogP contribution in [0.2, 0.25) is 0 Å². The van der Waals surface area contributed by atoms with E-state index in [-0.39, 0.29) is 6.61 Å². The summed E-state index contributed by atoms with van der Waals surface area (Å²) in [5.41, 5.74) is 3.67. The van der Waals surface area contributed by atoms with E-state index < -0.39 is 0 Å². The molecule has 0 atom stereocenters. The molecule has 0 heterocycles. The van der Waals surface area contributed by atoms with Crippen LogP contribution in [-0.2, 0) is 24.6 Å². The maximum Gasteiger partial charge on any atom is 0.108 e. The number of aryl methyl sites for hydroxylation is 2. The number of rotatable bonds is 7. The molecule has 0 spiro atoms. The maximum atomic E-state index is 11.0. The molecular formula is C15H23O. The molecular weight excluding hydrogens is 196 g/mol. The number of hydrogen-bond acceptors (Lipinski definition) is 0. The topological polar surface area (TPSA) is 19.9 Å². The summed E-state index contributed by atoms with van der Waals surface area (Å²) in [6.07, 6.45) is 7.06. The molecule has 0 aromatic heterocycles. The van der Waals surface area contributed by atoms with Gasteiger partial charge < -0.3 is 0 Å². The second-order valence-electron chi connectivity index (χ2n) is 4.45. The van der Waals surface area contributed by atoms with E-state index in [1.807, 2.05) is 6.07 Å². The molecule has 0 saturated heterocycles. The second kappa shape index (κ2) is 7.45. The van der Waals surface area contributed by atoms with Gasteiger partial charge in [0.1, 0.15) is 6.61 Å². The van der Waals surface area contributed by atoms with Crippen molar-refractivity contribution in [2.24, 2.45) is 0 Å². The molecule has 0 amide bonds. The van der Waals surface area contributed by atoms with Crippen molar-refractivity contribution in [2.75, 3.05) is 0 Å². The van der Waals surface area contributed by atoms with Crippen molar-refractivity contribution in [2.45, 2.75) is 59.0 Å². The van der Waals surface area contributed by atoms with E-state index in [2.05, 4.69) is 26.0 Å². The van der Waals surface area contributed by atoms with Gasteiger partial charge in [-0.3, -0.25) is 0 Å². The zero-order valence-electron chi connectivity index (χ0n) is 10.6. The second-order valence-corrected chi connectivity index (χ2v) is 4.45. The van der Waals surface area contributed by atoms with E-state index in [4.69, 9.17) is 0 Å². The fraction of sp³-hybridized carbons (Fsp3) is 0.600. The molecule has 1 aromatic carbocycles. The first kappa shape index (κ1) is 13.2. The molecule has 1 rings (SSSR count). The molecule has 1 radical (unpaired) electrons. The van der Waals surface area contributed by atoms with Gasteiger partial charge in [0, 0.05) is 0 Å². The molecule has 0 aliphatic heterocycles. The highest BCUT2D eigenvalue weighted by atomic mass is 16.3. The first-order valence-electron chi connectivity index (χ1n) is 6.50. The molecule has 16 heavy (non-hydrogen) atoms. The standard InChI is InChI=1S/C15H23O/c1-3-5-7-13-9-10-15(12-16)14(11-13)8-6-4-2/h9-11H,3-8,12H2,1-2H3. The molecule has 1 aromatic rings. The molecule has 0 fully saturated rings. The molecule has 0 aliphatic carbocycles. The SMILES string of the molecule is CCCCc1ccc(C[O])c(CCCC)c1. The predicted octanol–water partition coefficient (Wildman–Crippen LogP) is 4.30. The molecule has 89 valence electrons. The summed E-state index contributed by atoms with van der Waals surface area (Å²) >= 11 is 0. The van der Waals surface area contributed by atoms with E-state index in [0.29, 0.717) is 0 Å². The van der Waals surface area contributed by atoms with Crippen LogP contribution in [0.25, 0.3) is 0 Å². The van der Waals surface area contributed by atoms with Gasteiger partial charge in [0.2, 0.25) is 0 Å². The molecule has 1 heteroatoms. The maximum absolute atomic E-state index is 11.0. The lowest BCUT2D eigenvalue weighted by Crippen LogP contribution is -1.96. The van der Waals surface area contributed by atoms with E-state index in [9.17, 15) is 5.11 Å². The number of unbranched alkanes of at least 4 members (excludes halogenated alkanes) is 2. The average Bonchev–Trinajstić information content (AvgIpc) is 2.33. The summed E-state index contributed by atoms with van der Waals surface area (Å²) in [7, 11) is 0. The predicted molar refractivity (Wildman–Crippen MR) is 68.1 cm³/mol. The summed E-state index contributed by atoms with van der Waals surface area (Å²) in [6, 6.07) is 6.40. The minimum atomic E-state index is -0.0763. The summed E-state index contributed by atoms with van der Waals surface area (Å²) in [4.78, 5) is 0. The van der Waals surface area contributed by atoms with Gasteiger partial charge in [0.15, 0.2) is 0 Å². The molecule has 0 bridgehead atoms. The zero-order chi connectivity index (χ0) is 11.8. The van der Waals surface area contributed by atoms with Crippen molar-refractivity contribution in [3.05, 3.63) is 34.9 Å². The van der Waals surface area contributed by atoms with Gasteiger partial charge in [-0.1, -0.05) is 44.9 Å². The molecule has 0 saturated carbocycles. The Morgan fingerprint density at radius 2 is 1.62 bits per heavy atom. The van der Waals surface area contributed by atoms with Crippen molar-refractivity contribution in [3.63, 3.8) is 0 Å². The smallest absolute Gasteiger partial charge is 0.108 e. The highest BCUT2D eigenvalue weighted by Crippen LogP contribution is 2.16.